The highest BCUT2D eigenvalue weighted by atomic mass is 35.5. The Balaban J connectivity index is 2.27. The van der Waals surface area contributed by atoms with Crippen molar-refractivity contribution in [1.82, 2.24) is 15.1 Å². The third kappa shape index (κ3) is 3.78. The SMILES string of the molecule is COCCNCc1cnn(-c2ccccc2Cl)c1C(F)F. The molecule has 1 N–H and O–H groups in total. The van der Waals surface area contributed by atoms with Gasteiger partial charge in [0.1, 0.15) is 5.69 Å². The van der Waals surface area contributed by atoms with Crippen LogP contribution in [0.1, 0.15) is 17.7 Å². The van der Waals surface area contributed by atoms with Crippen LogP contribution in [0.4, 0.5) is 8.78 Å². The Morgan fingerprint density at radius 1 is 1.38 bits per heavy atom. The van der Waals surface area contributed by atoms with E-state index in [2.05, 4.69) is 10.4 Å². The summed E-state index contributed by atoms with van der Waals surface area (Å²) in [6.45, 7) is 1.40. The molecular weight excluding hydrogens is 300 g/mol. The number of alkyl halides is 2. The van der Waals surface area contributed by atoms with Crippen LogP contribution in [0, 0.1) is 0 Å². The molecule has 0 saturated carbocycles. The first-order valence-corrected chi connectivity index (χ1v) is 6.82. The third-order valence-electron chi connectivity index (χ3n) is 2.97. The molecule has 0 saturated heterocycles. The number of aromatic nitrogens is 2. The minimum Gasteiger partial charge on any atom is -0.383 e. The lowest BCUT2D eigenvalue weighted by Gasteiger charge is -2.10. The molecule has 114 valence electrons. The van der Waals surface area contributed by atoms with Gasteiger partial charge < -0.3 is 10.1 Å². The van der Waals surface area contributed by atoms with Gasteiger partial charge in [-0.05, 0) is 12.1 Å². The van der Waals surface area contributed by atoms with E-state index in [0.29, 0.717) is 36.0 Å². The number of hydrogen-bond acceptors (Lipinski definition) is 3. The van der Waals surface area contributed by atoms with Crippen molar-refractivity contribution in [2.45, 2.75) is 13.0 Å². The summed E-state index contributed by atoms with van der Waals surface area (Å²) in [7, 11) is 1.59. The van der Waals surface area contributed by atoms with E-state index in [4.69, 9.17) is 16.3 Å². The number of benzene rings is 1. The van der Waals surface area contributed by atoms with Crippen molar-refractivity contribution in [3.63, 3.8) is 0 Å². The molecule has 0 aliphatic carbocycles. The minimum absolute atomic E-state index is 0.145. The standard InChI is InChI=1S/C14H16ClF2N3O/c1-21-7-6-18-8-10-9-19-20(13(10)14(16)17)12-5-3-2-4-11(12)15/h2-5,9,14,18H,6-8H2,1H3. The van der Waals surface area contributed by atoms with Gasteiger partial charge in [-0.2, -0.15) is 5.10 Å². The molecule has 0 fully saturated rings. The molecule has 4 nitrogen and oxygen atoms in total. The van der Waals surface area contributed by atoms with Gasteiger partial charge in [-0.3, -0.25) is 0 Å². The van der Waals surface area contributed by atoms with Crippen LogP contribution in [0.15, 0.2) is 30.5 Å². The summed E-state index contributed by atoms with van der Waals surface area (Å²) in [6.07, 6.45) is -1.20. The summed E-state index contributed by atoms with van der Waals surface area (Å²) >= 11 is 6.05. The Bertz CT molecular complexity index is 589. The summed E-state index contributed by atoms with van der Waals surface area (Å²) in [5, 5.41) is 7.46. The topological polar surface area (TPSA) is 39.1 Å². The molecule has 0 bridgehead atoms. The van der Waals surface area contributed by atoms with Gasteiger partial charge in [0.15, 0.2) is 0 Å². The van der Waals surface area contributed by atoms with E-state index >= 15 is 0 Å². The largest absolute Gasteiger partial charge is 0.383 e. The molecule has 0 amide bonds. The Morgan fingerprint density at radius 2 is 2.14 bits per heavy atom. The van der Waals surface area contributed by atoms with E-state index in [1.54, 1.807) is 31.4 Å². The van der Waals surface area contributed by atoms with Gasteiger partial charge in [0.25, 0.3) is 6.43 Å². The quantitative estimate of drug-likeness (QED) is 0.798. The van der Waals surface area contributed by atoms with E-state index in [9.17, 15) is 8.78 Å². The normalized spacial score (nSPS) is 11.3. The number of methoxy groups -OCH3 is 1. The van der Waals surface area contributed by atoms with E-state index in [-0.39, 0.29) is 5.69 Å². The van der Waals surface area contributed by atoms with Gasteiger partial charge in [-0.1, -0.05) is 23.7 Å². The van der Waals surface area contributed by atoms with Crippen LogP contribution in [0.5, 0.6) is 0 Å². The average molecular weight is 316 g/mol. The van der Waals surface area contributed by atoms with Crippen LogP contribution < -0.4 is 5.32 Å². The van der Waals surface area contributed by atoms with Crippen molar-refractivity contribution < 1.29 is 13.5 Å². The highest BCUT2D eigenvalue weighted by Gasteiger charge is 2.21. The molecule has 0 aliphatic rings. The molecule has 2 rings (SSSR count). The number of hydrogen-bond donors (Lipinski definition) is 1. The number of ether oxygens (including phenoxy) is 1. The van der Waals surface area contributed by atoms with Crippen molar-refractivity contribution in [2.75, 3.05) is 20.3 Å². The van der Waals surface area contributed by atoms with Crippen molar-refractivity contribution >= 4 is 11.6 Å². The lowest BCUT2D eigenvalue weighted by molar-refractivity contribution is 0.141. The van der Waals surface area contributed by atoms with Crippen molar-refractivity contribution in [3.05, 3.63) is 46.7 Å². The molecule has 0 unspecified atom stereocenters. The molecule has 2 aromatic rings. The van der Waals surface area contributed by atoms with Crippen LogP contribution in [0.25, 0.3) is 5.69 Å². The first-order valence-electron chi connectivity index (χ1n) is 6.44. The molecule has 1 aromatic heterocycles. The molecule has 0 spiro atoms. The second kappa shape index (κ2) is 7.49. The lowest BCUT2D eigenvalue weighted by Crippen LogP contribution is -2.19. The predicted octanol–water partition coefficient (Wildman–Crippen LogP) is 3.20. The molecule has 0 atom stereocenters. The zero-order chi connectivity index (χ0) is 15.2. The second-order valence-electron chi connectivity index (χ2n) is 4.39. The molecule has 1 aromatic carbocycles. The van der Waals surface area contributed by atoms with Crippen LogP contribution in [0.3, 0.4) is 0 Å². The first-order chi connectivity index (χ1) is 10.1. The van der Waals surface area contributed by atoms with Gasteiger partial charge in [-0.25, -0.2) is 13.5 Å². The third-order valence-corrected chi connectivity index (χ3v) is 3.29. The smallest absolute Gasteiger partial charge is 0.280 e. The Kier molecular flexibility index (Phi) is 5.67. The maximum absolute atomic E-state index is 13.4. The van der Waals surface area contributed by atoms with Gasteiger partial charge in [-0.15, -0.1) is 0 Å². The van der Waals surface area contributed by atoms with Crippen LogP contribution in [-0.4, -0.2) is 30.0 Å². The average Bonchev–Trinajstić information content (AvgIpc) is 2.88. The fourth-order valence-electron chi connectivity index (χ4n) is 1.97. The Hall–Kier alpha value is -1.50. The maximum Gasteiger partial charge on any atom is 0.280 e. The van der Waals surface area contributed by atoms with Crippen molar-refractivity contribution in [2.24, 2.45) is 0 Å². The Morgan fingerprint density at radius 3 is 2.81 bits per heavy atom. The van der Waals surface area contributed by atoms with E-state index in [1.807, 2.05) is 0 Å². The number of para-hydroxylation sites is 1. The summed E-state index contributed by atoms with van der Waals surface area (Å²) in [6, 6.07) is 6.77. The van der Waals surface area contributed by atoms with Crippen molar-refractivity contribution in [1.29, 1.82) is 0 Å². The van der Waals surface area contributed by atoms with E-state index in [0.717, 1.165) is 0 Å². The van der Waals surface area contributed by atoms with Gasteiger partial charge in [0.05, 0.1) is 23.5 Å². The van der Waals surface area contributed by atoms with Gasteiger partial charge in [0.2, 0.25) is 0 Å². The number of nitrogens with zero attached hydrogens (tertiary/aromatic N) is 2. The van der Waals surface area contributed by atoms with Gasteiger partial charge in [0, 0.05) is 25.8 Å². The zero-order valence-corrected chi connectivity index (χ0v) is 12.3. The van der Waals surface area contributed by atoms with Crippen molar-refractivity contribution in [3.8, 4) is 5.69 Å². The summed E-state index contributed by atoms with van der Waals surface area (Å²) in [5.41, 5.74) is 0.742. The Labute approximate surface area is 126 Å². The lowest BCUT2D eigenvalue weighted by atomic mass is 10.2. The fourth-order valence-corrected chi connectivity index (χ4v) is 2.19. The molecule has 7 heteroatoms. The first kappa shape index (κ1) is 15.9. The van der Waals surface area contributed by atoms with Crippen LogP contribution in [0.2, 0.25) is 5.02 Å². The highest BCUT2D eigenvalue weighted by Crippen LogP contribution is 2.28. The molecular formula is C14H16ClF2N3O. The monoisotopic (exact) mass is 315 g/mol. The molecule has 21 heavy (non-hydrogen) atoms. The molecule has 0 radical (unpaired) electrons. The highest BCUT2D eigenvalue weighted by molar-refractivity contribution is 6.32. The predicted molar refractivity (Wildman–Crippen MR) is 77.1 cm³/mol. The maximum atomic E-state index is 13.4. The fraction of sp³-hybridized carbons (Fsp3) is 0.357. The number of nitrogens with one attached hydrogen (secondary N) is 1. The van der Waals surface area contributed by atoms with E-state index in [1.165, 1.54) is 10.9 Å². The molecule has 0 aliphatic heterocycles. The van der Waals surface area contributed by atoms with Gasteiger partial charge >= 0.3 is 0 Å². The van der Waals surface area contributed by atoms with Crippen LogP contribution >= 0.6 is 11.6 Å². The zero-order valence-electron chi connectivity index (χ0n) is 11.5. The summed E-state index contributed by atoms with van der Waals surface area (Å²) < 4.78 is 32.8. The summed E-state index contributed by atoms with van der Waals surface area (Å²) in [4.78, 5) is 0. The number of rotatable bonds is 7. The van der Waals surface area contributed by atoms with Crippen LogP contribution in [-0.2, 0) is 11.3 Å². The number of halogens is 3. The van der Waals surface area contributed by atoms with E-state index < -0.39 is 6.43 Å². The summed E-state index contributed by atoms with van der Waals surface area (Å²) in [5.74, 6) is 0. The molecule has 1 heterocycles. The minimum atomic E-state index is -2.64. The second-order valence-corrected chi connectivity index (χ2v) is 4.80.